The zero-order valence-electron chi connectivity index (χ0n) is 16.2. The number of hydrogen-bond acceptors (Lipinski definition) is 3. The number of hydrogen-bond donors (Lipinski definition) is 1. The number of carbonyl (C=O) groups is 2. The summed E-state index contributed by atoms with van der Waals surface area (Å²) in [4.78, 5) is 26.6. The normalized spacial score (nSPS) is 14.0. The number of nitrogens with one attached hydrogen (secondary N) is 1. The van der Waals surface area contributed by atoms with Crippen molar-refractivity contribution in [1.29, 1.82) is 0 Å². The Bertz CT molecular complexity index is 1020. The first kappa shape index (κ1) is 18.7. The predicted molar refractivity (Wildman–Crippen MR) is 112 cm³/mol. The van der Waals surface area contributed by atoms with Gasteiger partial charge in [-0.05, 0) is 42.3 Å². The van der Waals surface area contributed by atoms with Crippen molar-refractivity contribution >= 4 is 17.5 Å². The number of fused-ring (bicyclic) bond motifs is 1. The number of para-hydroxylation sites is 2. The minimum absolute atomic E-state index is 0.0366. The second-order valence-electron chi connectivity index (χ2n) is 7.04. The van der Waals surface area contributed by atoms with Crippen LogP contribution in [0.1, 0.15) is 34.5 Å². The van der Waals surface area contributed by atoms with Gasteiger partial charge in [0.15, 0.2) is 6.61 Å². The standard InChI is InChI=1S/C24H22N2O3/c1-17(19-7-3-2-4-8-19)25-24(28)20-13-11-18(12-14-20)15-26-21-9-5-6-10-22(21)29-16-23(26)27/h2-14,17H,15-16H2,1H3,(H,25,28)/t17-/m0/s1. The maximum atomic E-state index is 12.6. The molecule has 0 aliphatic carbocycles. The number of rotatable bonds is 5. The lowest BCUT2D eigenvalue weighted by molar-refractivity contribution is -0.121. The van der Waals surface area contributed by atoms with E-state index < -0.39 is 0 Å². The second-order valence-corrected chi connectivity index (χ2v) is 7.04. The van der Waals surface area contributed by atoms with Gasteiger partial charge in [0, 0.05) is 5.56 Å². The molecule has 0 saturated heterocycles. The van der Waals surface area contributed by atoms with Crippen molar-refractivity contribution in [3.05, 3.63) is 95.6 Å². The van der Waals surface area contributed by atoms with Crippen LogP contribution in [0.4, 0.5) is 5.69 Å². The minimum Gasteiger partial charge on any atom is -0.482 e. The van der Waals surface area contributed by atoms with Crippen LogP contribution in [-0.2, 0) is 11.3 Å². The molecule has 29 heavy (non-hydrogen) atoms. The predicted octanol–water partition coefficient (Wildman–Crippen LogP) is 4.10. The Labute approximate surface area is 169 Å². The number of ether oxygens (including phenoxy) is 1. The highest BCUT2D eigenvalue weighted by Crippen LogP contribution is 2.32. The number of anilines is 1. The van der Waals surface area contributed by atoms with Crippen molar-refractivity contribution < 1.29 is 14.3 Å². The van der Waals surface area contributed by atoms with Crippen molar-refractivity contribution in [1.82, 2.24) is 5.32 Å². The molecular formula is C24H22N2O3. The van der Waals surface area contributed by atoms with E-state index in [9.17, 15) is 9.59 Å². The highest BCUT2D eigenvalue weighted by Gasteiger charge is 2.25. The highest BCUT2D eigenvalue weighted by molar-refractivity contribution is 5.98. The summed E-state index contributed by atoms with van der Waals surface area (Å²) in [5, 5.41) is 3.01. The van der Waals surface area contributed by atoms with Crippen molar-refractivity contribution in [3.63, 3.8) is 0 Å². The largest absolute Gasteiger partial charge is 0.482 e. The number of carbonyl (C=O) groups excluding carboxylic acids is 2. The summed E-state index contributed by atoms with van der Waals surface area (Å²) >= 11 is 0. The van der Waals surface area contributed by atoms with Gasteiger partial charge in [-0.3, -0.25) is 9.59 Å². The summed E-state index contributed by atoms with van der Waals surface area (Å²) in [7, 11) is 0. The van der Waals surface area contributed by atoms with Gasteiger partial charge in [-0.15, -0.1) is 0 Å². The van der Waals surface area contributed by atoms with Crippen LogP contribution in [0.25, 0.3) is 0 Å². The van der Waals surface area contributed by atoms with E-state index in [1.807, 2.05) is 73.7 Å². The fraction of sp³-hybridized carbons (Fsp3) is 0.167. The van der Waals surface area contributed by atoms with Crippen molar-refractivity contribution in [3.8, 4) is 5.75 Å². The van der Waals surface area contributed by atoms with E-state index in [-0.39, 0.29) is 24.5 Å². The van der Waals surface area contributed by atoms with Gasteiger partial charge in [0.05, 0.1) is 18.3 Å². The number of benzene rings is 3. The SMILES string of the molecule is C[C@H](NC(=O)c1ccc(CN2C(=O)COc3ccccc32)cc1)c1ccccc1. The van der Waals surface area contributed by atoms with Crippen LogP contribution >= 0.6 is 0 Å². The molecule has 0 bridgehead atoms. The fourth-order valence-corrected chi connectivity index (χ4v) is 3.38. The van der Waals surface area contributed by atoms with Gasteiger partial charge >= 0.3 is 0 Å². The van der Waals surface area contributed by atoms with Gasteiger partial charge in [-0.2, -0.15) is 0 Å². The molecule has 3 aromatic rings. The van der Waals surface area contributed by atoms with E-state index in [1.165, 1.54) is 0 Å². The lowest BCUT2D eigenvalue weighted by Gasteiger charge is -2.29. The van der Waals surface area contributed by atoms with E-state index >= 15 is 0 Å². The van der Waals surface area contributed by atoms with Gasteiger partial charge < -0.3 is 15.0 Å². The third-order valence-corrected chi connectivity index (χ3v) is 5.01. The summed E-state index contributed by atoms with van der Waals surface area (Å²) in [5.41, 5.74) is 3.36. The molecule has 1 aliphatic heterocycles. The minimum atomic E-state index is -0.124. The molecule has 5 heteroatoms. The van der Waals surface area contributed by atoms with Crippen molar-refractivity contribution in [2.75, 3.05) is 11.5 Å². The Morgan fingerprint density at radius 3 is 2.45 bits per heavy atom. The van der Waals surface area contributed by atoms with Crippen molar-refractivity contribution in [2.45, 2.75) is 19.5 Å². The van der Waals surface area contributed by atoms with Crippen LogP contribution in [0.5, 0.6) is 5.75 Å². The lowest BCUT2D eigenvalue weighted by atomic mass is 10.1. The van der Waals surface area contributed by atoms with Gasteiger partial charge in [0.1, 0.15) is 5.75 Å². The third-order valence-electron chi connectivity index (χ3n) is 5.01. The third kappa shape index (κ3) is 4.14. The van der Waals surface area contributed by atoms with E-state index in [1.54, 1.807) is 17.0 Å². The zero-order valence-corrected chi connectivity index (χ0v) is 16.2. The molecule has 2 amide bonds. The molecule has 0 spiro atoms. The van der Waals surface area contributed by atoms with Crippen LogP contribution in [-0.4, -0.2) is 18.4 Å². The molecule has 1 N–H and O–H groups in total. The maximum Gasteiger partial charge on any atom is 0.265 e. The molecule has 1 heterocycles. The summed E-state index contributed by atoms with van der Waals surface area (Å²) < 4.78 is 5.48. The van der Waals surface area contributed by atoms with Crippen LogP contribution < -0.4 is 15.0 Å². The average molecular weight is 386 g/mol. The quantitative estimate of drug-likeness (QED) is 0.718. The molecular weight excluding hydrogens is 364 g/mol. The topological polar surface area (TPSA) is 58.6 Å². The molecule has 1 aliphatic rings. The van der Waals surface area contributed by atoms with E-state index in [0.29, 0.717) is 17.9 Å². The van der Waals surface area contributed by atoms with Crippen LogP contribution in [0, 0.1) is 0 Å². The molecule has 0 saturated carbocycles. The molecule has 0 fully saturated rings. The number of nitrogens with zero attached hydrogens (tertiary/aromatic N) is 1. The summed E-state index contributed by atoms with van der Waals surface area (Å²) in [6, 6.07) is 24.6. The van der Waals surface area contributed by atoms with Crippen LogP contribution in [0.2, 0.25) is 0 Å². The first-order valence-corrected chi connectivity index (χ1v) is 9.59. The van der Waals surface area contributed by atoms with Gasteiger partial charge in [0.25, 0.3) is 11.8 Å². The summed E-state index contributed by atoms with van der Waals surface area (Å²) in [5.74, 6) is 0.501. The first-order valence-electron chi connectivity index (χ1n) is 9.59. The molecule has 5 nitrogen and oxygen atoms in total. The molecule has 3 aromatic carbocycles. The second kappa shape index (κ2) is 8.19. The van der Waals surface area contributed by atoms with E-state index in [0.717, 1.165) is 16.8 Å². The smallest absolute Gasteiger partial charge is 0.265 e. The molecule has 4 rings (SSSR count). The maximum absolute atomic E-state index is 12.6. The molecule has 0 radical (unpaired) electrons. The van der Waals surface area contributed by atoms with Gasteiger partial charge in [-0.25, -0.2) is 0 Å². The van der Waals surface area contributed by atoms with Crippen LogP contribution in [0.15, 0.2) is 78.9 Å². The molecule has 0 aromatic heterocycles. The Balaban J connectivity index is 1.44. The zero-order chi connectivity index (χ0) is 20.2. The Morgan fingerprint density at radius 1 is 1.00 bits per heavy atom. The monoisotopic (exact) mass is 386 g/mol. The lowest BCUT2D eigenvalue weighted by Crippen LogP contribution is -2.38. The summed E-state index contributed by atoms with van der Waals surface area (Å²) in [6.07, 6.45) is 0. The van der Waals surface area contributed by atoms with Gasteiger partial charge in [0.2, 0.25) is 0 Å². The van der Waals surface area contributed by atoms with E-state index in [2.05, 4.69) is 5.32 Å². The summed E-state index contributed by atoms with van der Waals surface area (Å²) in [6.45, 7) is 2.43. The fourth-order valence-electron chi connectivity index (χ4n) is 3.38. The highest BCUT2D eigenvalue weighted by atomic mass is 16.5. The molecule has 146 valence electrons. The van der Waals surface area contributed by atoms with Gasteiger partial charge in [-0.1, -0.05) is 54.6 Å². The van der Waals surface area contributed by atoms with Crippen LogP contribution in [0.3, 0.4) is 0 Å². The number of amides is 2. The first-order chi connectivity index (χ1) is 14.1. The van der Waals surface area contributed by atoms with Crippen molar-refractivity contribution in [2.24, 2.45) is 0 Å². The Hall–Kier alpha value is -3.60. The molecule has 0 unspecified atom stereocenters. The Kier molecular flexibility index (Phi) is 5.29. The molecule has 1 atom stereocenters. The van der Waals surface area contributed by atoms with E-state index in [4.69, 9.17) is 4.74 Å². The average Bonchev–Trinajstić information content (AvgIpc) is 2.77. The Morgan fingerprint density at radius 2 is 1.69 bits per heavy atom.